The first-order valence-electron chi connectivity index (χ1n) is 5.40. The van der Waals surface area contributed by atoms with Crippen LogP contribution in [0.25, 0.3) is 0 Å². The van der Waals surface area contributed by atoms with E-state index in [1.165, 1.54) is 0 Å². The molecule has 0 aliphatic rings. The van der Waals surface area contributed by atoms with Crippen LogP contribution in [-0.2, 0) is 9.59 Å². The molecule has 4 heteroatoms. The van der Waals surface area contributed by atoms with Crippen LogP contribution < -0.4 is 0 Å². The van der Waals surface area contributed by atoms with Crippen molar-refractivity contribution in [1.29, 1.82) is 0 Å². The number of ketones is 2. The van der Waals surface area contributed by atoms with Crippen LogP contribution in [0.5, 0.6) is 0 Å². The molecule has 0 bridgehead atoms. The van der Waals surface area contributed by atoms with Crippen molar-refractivity contribution in [3.63, 3.8) is 0 Å². The lowest BCUT2D eigenvalue weighted by Gasteiger charge is -2.11. The van der Waals surface area contributed by atoms with E-state index in [1.807, 2.05) is 0 Å². The van der Waals surface area contributed by atoms with Gasteiger partial charge in [0.25, 0.3) is 0 Å². The lowest BCUT2D eigenvalue weighted by molar-refractivity contribution is -0.139. The first-order valence-corrected chi connectivity index (χ1v) is 5.40. The van der Waals surface area contributed by atoms with Gasteiger partial charge in [-0.25, -0.2) is 0 Å². The Balaban J connectivity index is 2.94. The Morgan fingerprint density at radius 3 is 2.24 bits per heavy atom. The number of rotatable bonds is 6. The lowest BCUT2D eigenvalue weighted by atomic mass is 9.90. The van der Waals surface area contributed by atoms with Crippen LogP contribution in [-0.4, -0.2) is 22.6 Å². The van der Waals surface area contributed by atoms with Crippen molar-refractivity contribution in [3.05, 3.63) is 35.9 Å². The summed E-state index contributed by atoms with van der Waals surface area (Å²) in [6.45, 7) is 1.62. The zero-order chi connectivity index (χ0) is 12.8. The van der Waals surface area contributed by atoms with Crippen LogP contribution in [0.15, 0.2) is 30.3 Å². The Bertz CT molecular complexity index is 422. The average Bonchev–Trinajstić information content (AvgIpc) is 2.35. The lowest BCUT2D eigenvalue weighted by Crippen LogP contribution is -2.26. The minimum absolute atomic E-state index is 0.163. The average molecular weight is 234 g/mol. The smallest absolute Gasteiger partial charge is 0.304 e. The fourth-order valence-corrected chi connectivity index (χ4v) is 1.58. The Hall–Kier alpha value is -1.97. The molecule has 0 saturated heterocycles. The molecule has 1 unspecified atom stereocenters. The van der Waals surface area contributed by atoms with Crippen molar-refractivity contribution >= 4 is 17.5 Å². The molecule has 90 valence electrons. The molecule has 0 fully saturated rings. The highest BCUT2D eigenvalue weighted by Gasteiger charge is 2.28. The van der Waals surface area contributed by atoms with Gasteiger partial charge in [0.05, 0.1) is 12.3 Å². The van der Waals surface area contributed by atoms with Crippen LogP contribution in [0.2, 0.25) is 0 Å². The van der Waals surface area contributed by atoms with Gasteiger partial charge in [-0.15, -0.1) is 0 Å². The van der Waals surface area contributed by atoms with Crippen LogP contribution in [0, 0.1) is 5.92 Å². The van der Waals surface area contributed by atoms with Gasteiger partial charge < -0.3 is 5.11 Å². The summed E-state index contributed by atoms with van der Waals surface area (Å²) in [4.78, 5) is 34.2. The molecular weight excluding hydrogens is 220 g/mol. The van der Waals surface area contributed by atoms with Crippen LogP contribution >= 0.6 is 0 Å². The summed E-state index contributed by atoms with van der Waals surface area (Å²) >= 11 is 0. The number of carbonyl (C=O) groups excluding carboxylic acids is 2. The Morgan fingerprint density at radius 2 is 1.76 bits per heavy atom. The van der Waals surface area contributed by atoms with Crippen LogP contribution in [0.1, 0.15) is 30.1 Å². The first-order chi connectivity index (χ1) is 8.06. The number of aliphatic carboxylic acids is 1. The molecule has 0 amide bonds. The number of carbonyl (C=O) groups is 3. The molecule has 1 aromatic rings. The molecule has 0 radical (unpaired) electrons. The quantitative estimate of drug-likeness (QED) is 0.603. The Kier molecular flexibility index (Phi) is 4.57. The van der Waals surface area contributed by atoms with Gasteiger partial charge in [-0.3, -0.25) is 14.4 Å². The van der Waals surface area contributed by atoms with E-state index in [0.29, 0.717) is 5.56 Å². The Labute approximate surface area is 99.3 Å². The van der Waals surface area contributed by atoms with Gasteiger partial charge in [0.15, 0.2) is 5.78 Å². The van der Waals surface area contributed by atoms with Gasteiger partial charge in [-0.1, -0.05) is 37.3 Å². The molecular formula is C13H14O4. The third-order valence-corrected chi connectivity index (χ3v) is 2.49. The van der Waals surface area contributed by atoms with Crippen molar-refractivity contribution in [2.45, 2.75) is 19.8 Å². The van der Waals surface area contributed by atoms with E-state index in [-0.39, 0.29) is 12.2 Å². The standard InChI is InChI=1S/C13H14O4/c1-2-11(14)10(8-12(15)16)13(17)9-6-4-3-5-7-9/h3-7,10H,2,8H2,1H3,(H,15,16). The molecule has 0 saturated carbocycles. The molecule has 4 nitrogen and oxygen atoms in total. The van der Waals surface area contributed by atoms with Crippen molar-refractivity contribution in [2.75, 3.05) is 0 Å². The van der Waals surface area contributed by atoms with Gasteiger partial charge in [0.2, 0.25) is 0 Å². The van der Waals surface area contributed by atoms with E-state index in [9.17, 15) is 14.4 Å². The molecule has 0 aliphatic heterocycles. The summed E-state index contributed by atoms with van der Waals surface area (Å²) in [6, 6.07) is 8.29. The van der Waals surface area contributed by atoms with E-state index in [4.69, 9.17) is 5.11 Å². The molecule has 1 atom stereocenters. The van der Waals surface area contributed by atoms with Gasteiger partial charge >= 0.3 is 5.97 Å². The molecule has 0 aliphatic carbocycles. The molecule has 0 spiro atoms. The highest BCUT2D eigenvalue weighted by atomic mass is 16.4. The molecule has 0 aromatic heterocycles. The monoisotopic (exact) mass is 234 g/mol. The summed E-state index contributed by atoms with van der Waals surface area (Å²) in [5.74, 6) is -2.96. The second-order valence-electron chi connectivity index (χ2n) is 3.70. The number of hydrogen-bond acceptors (Lipinski definition) is 3. The summed E-state index contributed by atoms with van der Waals surface area (Å²) in [7, 11) is 0. The maximum absolute atomic E-state index is 12.0. The number of benzene rings is 1. The molecule has 1 rings (SSSR count). The van der Waals surface area contributed by atoms with Crippen LogP contribution in [0.4, 0.5) is 0 Å². The highest BCUT2D eigenvalue weighted by molar-refractivity contribution is 6.12. The number of carboxylic acid groups (broad SMARTS) is 1. The highest BCUT2D eigenvalue weighted by Crippen LogP contribution is 2.15. The van der Waals surface area contributed by atoms with Crippen molar-refractivity contribution in [2.24, 2.45) is 5.92 Å². The minimum atomic E-state index is -1.14. The van der Waals surface area contributed by atoms with E-state index >= 15 is 0 Å². The van der Waals surface area contributed by atoms with Crippen LogP contribution in [0.3, 0.4) is 0 Å². The summed E-state index contributed by atoms with van der Waals surface area (Å²) in [5.41, 5.74) is 0.376. The normalized spacial score (nSPS) is 11.8. The first kappa shape index (κ1) is 13.1. The predicted octanol–water partition coefficient (Wildman–Crippen LogP) is 1.94. The number of hydrogen-bond donors (Lipinski definition) is 1. The third kappa shape index (κ3) is 3.52. The molecule has 17 heavy (non-hydrogen) atoms. The molecule has 1 aromatic carbocycles. The van der Waals surface area contributed by atoms with E-state index in [0.717, 1.165) is 0 Å². The van der Waals surface area contributed by atoms with Gasteiger partial charge in [0.1, 0.15) is 5.78 Å². The molecule has 1 N–H and O–H groups in total. The van der Waals surface area contributed by atoms with E-state index < -0.39 is 24.1 Å². The maximum atomic E-state index is 12.0. The Morgan fingerprint density at radius 1 is 1.18 bits per heavy atom. The summed E-state index contributed by atoms with van der Waals surface area (Å²) in [5, 5.41) is 8.72. The molecule has 0 heterocycles. The largest absolute Gasteiger partial charge is 0.481 e. The van der Waals surface area contributed by atoms with Gasteiger partial charge in [-0.2, -0.15) is 0 Å². The SMILES string of the molecule is CCC(=O)C(CC(=O)O)C(=O)c1ccccc1. The van der Waals surface area contributed by atoms with E-state index in [2.05, 4.69) is 0 Å². The van der Waals surface area contributed by atoms with Gasteiger partial charge in [-0.05, 0) is 0 Å². The summed E-state index contributed by atoms with van der Waals surface area (Å²) in [6.07, 6.45) is -0.281. The second-order valence-corrected chi connectivity index (χ2v) is 3.70. The van der Waals surface area contributed by atoms with Crippen molar-refractivity contribution < 1.29 is 19.5 Å². The minimum Gasteiger partial charge on any atom is -0.481 e. The summed E-state index contributed by atoms with van der Waals surface area (Å²) < 4.78 is 0. The maximum Gasteiger partial charge on any atom is 0.304 e. The zero-order valence-electron chi connectivity index (χ0n) is 9.55. The fourth-order valence-electron chi connectivity index (χ4n) is 1.58. The third-order valence-electron chi connectivity index (χ3n) is 2.49. The van der Waals surface area contributed by atoms with Crippen molar-refractivity contribution in [1.82, 2.24) is 0 Å². The van der Waals surface area contributed by atoms with Crippen molar-refractivity contribution in [3.8, 4) is 0 Å². The topological polar surface area (TPSA) is 71.4 Å². The van der Waals surface area contributed by atoms with Gasteiger partial charge in [0, 0.05) is 12.0 Å². The second kappa shape index (κ2) is 5.94. The fraction of sp³-hybridized carbons (Fsp3) is 0.308. The zero-order valence-corrected chi connectivity index (χ0v) is 9.55. The number of Topliss-reactive ketones (excluding diaryl/α,β-unsaturated/α-hetero) is 2. The predicted molar refractivity (Wildman–Crippen MR) is 61.8 cm³/mol. The van der Waals surface area contributed by atoms with E-state index in [1.54, 1.807) is 37.3 Å². The number of carboxylic acids is 1.